The minimum atomic E-state index is -0.0558. The zero-order chi connectivity index (χ0) is 15.1. The highest BCUT2D eigenvalue weighted by Gasteiger charge is 2.11. The molecule has 0 heterocycles. The zero-order valence-corrected chi connectivity index (χ0v) is 13.2. The summed E-state index contributed by atoms with van der Waals surface area (Å²) in [6, 6.07) is 8.21. The molecule has 0 spiro atoms. The van der Waals surface area contributed by atoms with Gasteiger partial charge in [-0.3, -0.25) is 0 Å². The van der Waals surface area contributed by atoms with Crippen molar-refractivity contribution in [2.75, 3.05) is 26.0 Å². The van der Waals surface area contributed by atoms with Crippen LogP contribution >= 0.6 is 0 Å². The summed E-state index contributed by atoms with van der Waals surface area (Å²) in [5, 5.41) is 6.11. The SMILES string of the molecule is CCC(C)CN(C)C(=O)Nc1ccc(C(C)NC)cc1. The van der Waals surface area contributed by atoms with E-state index in [2.05, 4.69) is 31.4 Å². The molecule has 2 amide bonds. The smallest absolute Gasteiger partial charge is 0.321 e. The van der Waals surface area contributed by atoms with Crippen LogP contribution in [0.4, 0.5) is 10.5 Å². The summed E-state index contributed by atoms with van der Waals surface area (Å²) in [5.41, 5.74) is 2.04. The van der Waals surface area contributed by atoms with Crippen molar-refractivity contribution in [3.05, 3.63) is 29.8 Å². The van der Waals surface area contributed by atoms with Crippen LogP contribution in [0.3, 0.4) is 0 Å². The van der Waals surface area contributed by atoms with Gasteiger partial charge in [0, 0.05) is 25.3 Å². The molecule has 112 valence electrons. The Kier molecular flexibility index (Phi) is 6.52. The second-order valence-corrected chi connectivity index (χ2v) is 5.46. The minimum absolute atomic E-state index is 0.0558. The van der Waals surface area contributed by atoms with Crippen LogP contribution in [0.15, 0.2) is 24.3 Å². The van der Waals surface area contributed by atoms with Gasteiger partial charge in [0.25, 0.3) is 0 Å². The van der Waals surface area contributed by atoms with Gasteiger partial charge in [-0.05, 0) is 37.6 Å². The van der Waals surface area contributed by atoms with Gasteiger partial charge in [-0.1, -0.05) is 32.4 Å². The molecule has 2 unspecified atom stereocenters. The molecule has 0 fully saturated rings. The molecule has 1 aromatic carbocycles. The van der Waals surface area contributed by atoms with E-state index >= 15 is 0 Å². The summed E-state index contributed by atoms with van der Waals surface area (Å²) >= 11 is 0. The number of carbonyl (C=O) groups excluding carboxylic acids is 1. The van der Waals surface area contributed by atoms with Gasteiger partial charge in [-0.15, -0.1) is 0 Å². The van der Waals surface area contributed by atoms with Crippen LogP contribution in [0.1, 0.15) is 38.8 Å². The van der Waals surface area contributed by atoms with Gasteiger partial charge in [-0.2, -0.15) is 0 Å². The maximum absolute atomic E-state index is 12.0. The quantitative estimate of drug-likeness (QED) is 0.836. The van der Waals surface area contributed by atoms with Crippen LogP contribution in [0.25, 0.3) is 0 Å². The summed E-state index contributed by atoms with van der Waals surface area (Å²) < 4.78 is 0. The number of urea groups is 1. The molecule has 20 heavy (non-hydrogen) atoms. The van der Waals surface area contributed by atoms with Crippen molar-refractivity contribution in [1.82, 2.24) is 10.2 Å². The van der Waals surface area contributed by atoms with Gasteiger partial charge in [0.05, 0.1) is 0 Å². The lowest BCUT2D eigenvalue weighted by Crippen LogP contribution is -2.34. The first-order valence-corrected chi connectivity index (χ1v) is 7.27. The second-order valence-electron chi connectivity index (χ2n) is 5.46. The Labute approximate surface area is 122 Å². The average Bonchev–Trinajstić information content (AvgIpc) is 2.46. The average molecular weight is 277 g/mol. The number of anilines is 1. The van der Waals surface area contributed by atoms with Gasteiger partial charge in [0.15, 0.2) is 0 Å². The Morgan fingerprint density at radius 1 is 1.25 bits per heavy atom. The highest BCUT2D eigenvalue weighted by Crippen LogP contribution is 2.16. The van der Waals surface area contributed by atoms with E-state index in [1.54, 1.807) is 4.90 Å². The number of amides is 2. The monoisotopic (exact) mass is 277 g/mol. The fourth-order valence-corrected chi connectivity index (χ4v) is 1.92. The van der Waals surface area contributed by atoms with Crippen molar-refractivity contribution in [1.29, 1.82) is 0 Å². The molecule has 1 rings (SSSR count). The van der Waals surface area contributed by atoms with E-state index in [0.29, 0.717) is 12.0 Å². The Morgan fingerprint density at radius 2 is 1.85 bits per heavy atom. The largest absolute Gasteiger partial charge is 0.327 e. The number of nitrogens with zero attached hydrogens (tertiary/aromatic N) is 1. The van der Waals surface area contributed by atoms with Crippen LogP contribution in [-0.4, -0.2) is 31.6 Å². The molecular formula is C16H27N3O. The first kappa shape index (κ1) is 16.5. The zero-order valence-electron chi connectivity index (χ0n) is 13.2. The predicted molar refractivity (Wildman–Crippen MR) is 85.0 cm³/mol. The molecule has 4 heteroatoms. The Hall–Kier alpha value is -1.55. The van der Waals surface area contributed by atoms with Crippen molar-refractivity contribution in [2.45, 2.75) is 33.2 Å². The molecule has 0 saturated heterocycles. The summed E-state index contributed by atoms with van der Waals surface area (Å²) in [5.74, 6) is 0.518. The predicted octanol–water partition coefficient (Wildman–Crippen LogP) is 3.48. The van der Waals surface area contributed by atoms with Gasteiger partial charge < -0.3 is 15.5 Å². The fraction of sp³-hybridized carbons (Fsp3) is 0.562. The fourth-order valence-electron chi connectivity index (χ4n) is 1.92. The lowest BCUT2D eigenvalue weighted by Gasteiger charge is -2.21. The maximum Gasteiger partial charge on any atom is 0.321 e. The highest BCUT2D eigenvalue weighted by molar-refractivity contribution is 5.89. The number of benzene rings is 1. The van der Waals surface area contributed by atoms with Gasteiger partial charge in [-0.25, -0.2) is 4.79 Å². The standard InChI is InChI=1S/C16H27N3O/c1-6-12(2)11-19(5)16(20)18-15-9-7-14(8-10-15)13(3)17-4/h7-10,12-13,17H,6,11H2,1-5H3,(H,18,20). The van der Waals surface area contributed by atoms with Crippen molar-refractivity contribution >= 4 is 11.7 Å². The number of hydrogen-bond acceptors (Lipinski definition) is 2. The third kappa shape index (κ3) is 4.85. The third-order valence-corrected chi connectivity index (χ3v) is 3.72. The third-order valence-electron chi connectivity index (χ3n) is 3.72. The van der Waals surface area contributed by atoms with Crippen molar-refractivity contribution in [2.24, 2.45) is 5.92 Å². The molecule has 2 N–H and O–H groups in total. The molecule has 0 aromatic heterocycles. The Bertz CT molecular complexity index is 416. The van der Waals surface area contributed by atoms with E-state index in [4.69, 9.17) is 0 Å². The molecule has 0 aliphatic heterocycles. The number of nitrogens with one attached hydrogen (secondary N) is 2. The summed E-state index contributed by atoms with van der Waals surface area (Å²) in [6.07, 6.45) is 1.08. The number of rotatable bonds is 6. The van der Waals surface area contributed by atoms with Crippen LogP contribution in [-0.2, 0) is 0 Å². The molecule has 0 radical (unpaired) electrons. The van der Waals surface area contributed by atoms with Crippen LogP contribution in [0.2, 0.25) is 0 Å². The Morgan fingerprint density at radius 3 is 2.35 bits per heavy atom. The number of carbonyl (C=O) groups is 1. The van der Waals surface area contributed by atoms with E-state index in [1.807, 2.05) is 38.4 Å². The summed E-state index contributed by atoms with van der Waals surface area (Å²) in [6.45, 7) is 7.17. The Balaban J connectivity index is 2.57. The van der Waals surface area contributed by atoms with Crippen molar-refractivity contribution in [3.63, 3.8) is 0 Å². The molecule has 0 bridgehead atoms. The molecule has 0 saturated carbocycles. The molecule has 2 atom stereocenters. The van der Waals surface area contributed by atoms with E-state index in [1.165, 1.54) is 5.56 Å². The van der Waals surface area contributed by atoms with E-state index < -0.39 is 0 Å². The first-order chi connectivity index (χ1) is 9.47. The molecule has 4 nitrogen and oxygen atoms in total. The molecule has 0 aliphatic rings. The summed E-state index contributed by atoms with van der Waals surface area (Å²) in [7, 11) is 3.77. The minimum Gasteiger partial charge on any atom is -0.327 e. The van der Waals surface area contributed by atoms with E-state index in [9.17, 15) is 4.79 Å². The molecule has 1 aromatic rings. The van der Waals surface area contributed by atoms with Crippen LogP contribution < -0.4 is 10.6 Å². The molecular weight excluding hydrogens is 250 g/mol. The van der Waals surface area contributed by atoms with Gasteiger partial charge in [0.1, 0.15) is 0 Å². The normalized spacial score (nSPS) is 13.7. The van der Waals surface area contributed by atoms with Crippen molar-refractivity contribution < 1.29 is 4.79 Å². The second kappa shape index (κ2) is 7.90. The first-order valence-electron chi connectivity index (χ1n) is 7.27. The maximum atomic E-state index is 12.0. The van der Waals surface area contributed by atoms with Crippen LogP contribution in [0.5, 0.6) is 0 Å². The molecule has 0 aliphatic carbocycles. The summed E-state index contributed by atoms with van der Waals surface area (Å²) in [4.78, 5) is 13.8. The van der Waals surface area contributed by atoms with Gasteiger partial charge >= 0.3 is 6.03 Å². The van der Waals surface area contributed by atoms with Crippen molar-refractivity contribution in [3.8, 4) is 0 Å². The van der Waals surface area contributed by atoms with Crippen LogP contribution in [0, 0.1) is 5.92 Å². The van der Waals surface area contributed by atoms with E-state index in [-0.39, 0.29) is 6.03 Å². The topological polar surface area (TPSA) is 44.4 Å². The number of hydrogen-bond donors (Lipinski definition) is 2. The van der Waals surface area contributed by atoms with E-state index in [0.717, 1.165) is 18.7 Å². The lowest BCUT2D eigenvalue weighted by atomic mass is 10.1. The van der Waals surface area contributed by atoms with Gasteiger partial charge in [0.2, 0.25) is 0 Å². The highest BCUT2D eigenvalue weighted by atomic mass is 16.2. The lowest BCUT2D eigenvalue weighted by molar-refractivity contribution is 0.215.